The minimum atomic E-state index is -0.0839. The topological polar surface area (TPSA) is 58.1 Å². The van der Waals surface area contributed by atoms with Crippen LogP contribution in [0.25, 0.3) is 11.3 Å². The number of amides is 1. The fourth-order valence-electron chi connectivity index (χ4n) is 3.77. The van der Waals surface area contributed by atoms with Crippen LogP contribution in [0.5, 0.6) is 0 Å². The molecule has 0 saturated carbocycles. The molecule has 0 aliphatic carbocycles. The third-order valence-corrected chi connectivity index (χ3v) is 5.43. The van der Waals surface area contributed by atoms with Gasteiger partial charge in [-0.1, -0.05) is 35.9 Å². The van der Waals surface area contributed by atoms with Gasteiger partial charge >= 0.3 is 0 Å². The maximum absolute atomic E-state index is 12.8. The first-order valence-corrected chi connectivity index (χ1v) is 10.1. The van der Waals surface area contributed by atoms with E-state index in [-0.39, 0.29) is 5.91 Å². The van der Waals surface area contributed by atoms with Crippen LogP contribution in [0.1, 0.15) is 39.9 Å². The van der Waals surface area contributed by atoms with Gasteiger partial charge in [0.15, 0.2) is 5.82 Å². The van der Waals surface area contributed by atoms with Crippen LogP contribution in [-0.2, 0) is 6.54 Å². The molecule has 0 spiro atoms. The van der Waals surface area contributed by atoms with Crippen molar-refractivity contribution in [2.75, 3.05) is 18.0 Å². The average molecular weight is 386 g/mol. The fraction of sp³-hybridized carbons (Fsp3) is 0.292. The second-order valence-corrected chi connectivity index (χ2v) is 7.62. The number of carbonyl (C=O) groups excluding carboxylic acids is 1. The molecule has 0 unspecified atom stereocenters. The Labute approximate surface area is 171 Å². The summed E-state index contributed by atoms with van der Waals surface area (Å²) < 4.78 is 0. The maximum Gasteiger partial charge on any atom is 0.251 e. The van der Waals surface area contributed by atoms with Gasteiger partial charge in [-0.05, 0) is 49.9 Å². The van der Waals surface area contributed by atoms with E-state index in [0.29, 0.717) is 12.1 Å². The number of hydrogen-bond acceptors (Lipinski definition) is 4. The SMILES string of the molecule is Cc1ccc(C)c(CNC(=O)c2cccc(-c3nccnc3N3CCCC3)c2)c1. The molecule has 1 aromatic heterocycles. The van der Waals surface area contributed by atoms with Crippen LogP contribution in [0.2, 0.25) is 0 Å². The molecule has 4 rings (SSSR count). The number of aryl methyl sites for hydroxylation is 2. The summed E-state index contributed by atoms with van der Waals surface area (Å²) in [7, 11) is 0. The van der Waals surface area contributed by atoms with E-state index in [9.17, 15) is 4.79 Å². The van der Waals surface area contributed by atoms with Gasteiger partial charge < -0.3 is 10.2 Å². The van der Waals surface area contributed by atoms with Crippen molar-refractivity contribution in [1.82, 2.24) is 15.3 Å². The van der Waals surface area contributed by atoms with Gasteiger partial charge in [0.25, 0.3) is 5.91 Å². The Balaban J connectivity index is 1.55. The van der Waals surface area contributed by atoms with Gasteiger partial charge in [0.2, 0.25) is 0 Å². The molecular weight excluding hydrogens is 360 g/mol. The van der Waals surface area contributed by atoms with Crippen LogP contribution in [0.15, 0.2) is 54.9 Å². The van der Waals surface area contributed by atoms with E-state index in [0.717, 1.165) is 35.7 Å². The Kier molecular flexibility index (Phi) is 5.56. The summed E-state index contributed by atoms with van der Waals surface area (Å²) >= 11 is 0. The molecule has 0 bridgehead atoms. The molecule has 1 aliphatic heterocycles. The zero-order valence-corrected chi connectivity index (χ0v) is 17.0. The fourth-order valence-corrected chi connectivity index (χ4v) is 3.77. The number of benzene rings is 2. The molecule has 5 nitrogen and oxygen atoms in total. The number of anilines is 1. The van der Waals surface area contributed by atoms with Gasteiger partial charge in [0.05, 0.1) is 0 Å². The predicted molar refractivity (Wildman–Crippen MR) is 116 cm³/mol. The first-order chi connectivity index (χ1) is 14.1. The summed E-state index contributed by atoms with van der Waals surface area (Å²) in [5.41, 5.74) is 5.89. The molecule has 1 aliphatic rings. The molecule has 148 valence electrons. The van der Waals surface area contributed by atoms with Crippen LogP contribution in [0.3, 0.4) is 0 Å². The van der Waals surface area contributed by atoms with Crippen LogP contribution >= 0.6 is 0 Å². The minimum absolute atomic E-state index is 0.0839. The number of nitrogens with one attached hydrogen (secondary N) is 1. The standard InChI is InChI=1S/C24H26N4O/c1-17-8-9-18(2)21(14-17)16-27-24(29)20-7-5-6-19(15-20)22-23(26-11-10-25-22)28-12-3-4-13-28/h5-11,14-15H,3-4,12-13,16H2,1-2H3,(H,27,29). The number of rotatable bonds is 5. The van der Waals surface area contributed by atoms with E-state index in [4.69, 9.17) is 0 Å². The van der Waals surface area contributed by atoms with Gasteiger partial charge in [-0.15, -0.1) is 0 Å². The quantitative estimate of drug-likeness (QED) is 0.711. The number of carbonyl (C=O) groups is 1. The maximum atomic E-state index is 12.8. The van der Waals surface area contributed by atoms with E-state index in [1.807, 2.05) is 24.3 Å². The van der Waals surface area contributed by atoms with Crippen molar-refractivity contribution < 1.29 is 4.79 Å². The van der Waals surface area contributed by atoms with Crippen molar-refractivity contribution in [1.29, 1.82) is 0 Å². The zero-order valence-electron chi connectivity index (χ0n) is 17.0. The van der Waals surface area contributed by atoms with E-state index < -0.39 is 0 Å². The Morgan fingerprint density at radius 1 is 1.03 bits per heavy atom. The lowest BCUT2D eigenvalue weighted by Gasteiger charge is -2.19. The average Bonchev–Trinajstić information content (AvgIpc) is 3.29. The lowest BCUT2D eigenvalue weighted by molar-refractivity contribution is 0.0951. The van der Waals surface area contributed by atoms with E-state index >= 15 is 0 Å². The van der Waals surface area contributed by atoms with Gasteiger partial charge in [-0.3, -0.25) is 9.78 Å². The number of nitrogens with zero attached hydrogens (tertiary/aromatic N) is 3. The molecule has 1 fully saturated rings. The van der Waals surface area contributed by atoms with Gasteiger partial charge in [-0.2, -0.15) is 0 Å². The Morgan fingerprint density at radius 2 is 1.83 bits per heavy atom. The summed E-state index contributed by atoms with van der Waals surface area (Å²) in [6, 6.07) is 13.9. The van der Waals surface area contributed by atoms with E-state index in [1.54, 1.807) is 12.4 Å². The minimum Gasteiger partial charge on any atom is -0.355 e. The highest BCUT2D eigenvalue weighted by Crippen LogP contribution is 2.29. The van der Waals surface area contributed by atoms with Crippen molar-refractivity contribution in [2.45, 2.75) is 33.2 Å². The highest BCUT2D eigenvalue weighted by Gasteiger charge is 2.19. The third kappa shape index (κ3) is 4.29. The summed E-state index contributed by atoms with van der Waals surface area (Å²) in [5.74, 6) is 0.817. The van der Waals surface area contributed by atoms with Crippen molar-refractivity contribution in [3.8, 4) is 11.3 Å². The smallest absolute Gasteiger partial charge is 0.251 e. The summed E-state index contributed by atoms with van der Waals surface area (Å²) in [6.45, 7) is 6.65. The number of aromatic nitrogens is 2. The highest BCUT2D eigenvalue weighted by molar-refractivity contribution is 5.95. The molecule has 1 amide bonds. The lowest BCUT2D eigenvalue weighted by Crippen LogP contribution is -2.23. The molecule has 29 heavy (non-hydrogen) atoms. The van der Waals surface area contributed by atoms with Crippen molar-refractivity contribution >= 4 is 11.7 Å². The second-order valence-electron chi connectivity index (χ2n) is 7.62. The monoisotopic (exact) mass is 386 g/mol. The van der Waals surface area contributed by atoms with Crippen LogP contribution < -0.4 is 10.2 Å². The Hall–Kier alpha value is -3.21. The third-order valence-electron chi connectivity index (χ3n) is 5.43. The normalized spacial score (nSPS) is 13.5. The van der Waals surface area contributed by atoms with Crippen LogP contribution in [-0.4, -0.2) is 29.0 Å². The number of hydrogen-bond donors (Lipinski definition) is 1. The van der Waals surface area contributed by atoms with Crippen molar-refractivity contribution in [2.24, 2.45) is 0 Å². The van der Waals surface area contributed by atoms with Crippen molar-refractivity contribution in [3.05, 3.63) is 77.1 Å². The highest BCUT2D eigenvalue weighted by atomic mass is 16.1. The molecular formula is C24H26N4O. The molecule has 2 aromatic carbocycles. The first kappa shape index (κ1) is 19.1. The lowest BCUT2D eigenvalue weighted by atomic mass is 10.0. The van der Waals surface area contributed by atoms with Crippen molar-refractivity contribution in [3.63, 3.8) is 0 Å². The first-order valence-electron chi connectivity index (χ1n) is 10.1. The van der Waals surface area contributed by atoms with Crippen LogP contribution in [0, 0.1) is 13.8 Å². The molecule has 2 heterocycles. The predicted octanol–water partition coefficient (Wildman–Crippen LogP) is 4.29. The molecule has 1 N–H and O–H groups in total. The molecule has 1 saturated heterocycles. The summed E-state index contributed by atoms with van der Waals surface area (Å²) in [5, 5.41) is 3.05. The second kappa shape index (κ2) is 8.43. The summed E-state index contributed by atoms with van der Waals surface area (Å²) in [4.78, 5) is 24.2. The van der Waals surface area contributed by atoms with Gasteiger partial charge in [0.1, 0.15) is 5.69 Å². The molecule has 3 aromatic rings. The van der Waals surface area contributed by atoms with Crippen LogP contribution in [0.4, 0.5) is 5.82 Å². The zero-order chi connectivity index (χ0) is 20.2. The Bertz CT molecular complexity index is 1020. The molecule has 0 atom stereocenters. The van der Waals surface area contributed by atoms with E-state index in [1.165, 1.54) is 24.0 Å². The van der Waals surface area contributed by atoms with E-state index in [2.05, 4.69) is 52.2 Å². The van der Waals surface area contributed by atoms with Gasteiger partial charge in [0, 0.05) is 43.2 Å². The largest absolute Gasteiger partial charge is 0.355 e. The molecule has 5 heteroatoms. The summed E-state index contributed by atoms with van der Waals surface area (Å²) in [6.07, 6.45) is 5.80. The Morgan fingerprint density at radius 3 is 2.66 bits per heavy atom. The molecule has 0 radical (unpaired) electrons. The van der Waals surface area contributed by atoms with Gasteiger partial charge in [-0.25, -0.2) is 4.98 Å².